The van der Waals surface area contributed by atoms with Crippen LogP contribution < -0.4 is 5.32 Å². The number of aryl methyl sites for hydroxylation is 1. The van der Waals surface area contributed by atoms with Gasteiger partial charge in [-0.1, -0.05) is 37.1 Å². The van der Waals surface area contributed by atoms with Crippen LogP contribution in [0, 0.1) is 12.3 Å². The molecule has 2 saturated heterocycles. The first-order valence-electron chi connectivity index (χ1n) is 10.5. The summed E-state index contributed by atoms with van der Waals surface area (Å²) in [5.41, 5.74) is 3.26. The highest BCUT2D eigenvalue weighted by Crippen LogP contribution is 2.45. The van der Waals surface area contributed by atoms with Gasteiger partial charge in [0.15, 0.2) is 0 Å². The first-order valence-corrected chi connectivity index (χ1v) is 10.5. The molecule has 2 aliphatic heterocycles. The Bertz CT molecular complexity index is 630. The van der Waals surface area contributed by atoms with E-state index in [1.807, 2.05) is 0 Å². The lowest BCUT2D eigenvalue weighted by molar-refractivity contribution is 0.170. The van der Waals surface area contributed by atoms with Gasteiger partial charge in [-0.05, 0) is 55.6 Å². The Morgan fingerprint density at radius 2 is 1.85 bits per heavy atom. The monoisotopic (exact) mass is 355 g/mol. The summed E-state index contributed by atoms with van der Waals surface area (Å²) in [5.74, 6) is 0. The molecule has 0 unspecified atom stereocenters. The van der Waals surface area contributed by atoms with E-state index < -0.39 is 0 Å². The molecule has 4 rings (SSSR count). The highest BCUT2D eigenvalue weighted by atomic mass is 16.2. The molecule has 4 nitrogen and oxygen atoms in total. The summed E-state index contributed by atoms with van der Waals surface area (Å²) < 4.78 is 0. The molecule has 3 fully saturated rings. The quantitative estimate of drug-likeness (QED) is 0.891. The lowest BCUT2D eigenvalue weighted by Gasteiger charge is -2.33. The van der Waals surface area contributed by atoms with Crippen molar-refractivity contribution in [2.24, 2.45) is 5.41 Å². The van der Waals surface area contributed by atoms with Crippen LogP contribution in [0.25, 0.3) is 0 Å². The molecule has 0 atom stereocenters. The molecule has 1 aliphatic carbocycles. The summed E-state index contributed by atoms with van der Waals surface area (Å²) in [5, 5.41) is 3.32. The molecule has 1 aromatic rings. The summed E-state index contributed by atoms with van der Waals surface area (Å²) in [7, 11) is 0. The maximum Gasteiger partial charge on any atom is 0.317 e. The number of hydrogen-bond donors (Lipinski definition) is 1. The second-order valence-electron chi connectivity index (χ2n) is 8.81. The number of benzene rings is 1. The van der Waals surface area contributed by atoms with Crippen molar-refractivity contribution in [3.63, 3.8) is 0 Å². The number of urea groups is 1. The molecule has 3 aliphatic rings. The summed E-state index contributed by atoms with van der Waals surface area (Å²) in [6, 6.07) is 9.18. The predicted molar refractivity (Wildman–Crippen MR) is 105 cm³/mol. The average Bonchev–Trinajstić information content (AvgIpc) is 3.29. The van der Waals surface area contributed by atoms with Gasteiger partial charge < -0.3 is 10.2 Å². The maximum atomic E-state index is 12.7. The van der Waals surface area contributed by atoms with Gasteiger partial charge >= 0.3 is 6.03 Å². The lowest BCUT2D eigenvalue weighted by Crippen LogP contribution is -2.48. The fourth-order valence-corrected chi connectivity index (χ4v) is 5.17. The second kappa shape index (κ2) is 7.59. The fourth-order valence-electron chi connectivity index (χ4n) is 5.17. The molecule has 2 amide bonds. The second-order valence-corrected chi connectivity index (χ2v) is 8.81. The molecule has 0 aromatic heterocycles. The van der Waals surface area contributed by atoms with Crippen molar-refractivity contribution in [3.05, 3.63) is 35.4 Å². The van der Waals surface area contributed by atoms with E-state index in [9.17, 15) is 4.79 Å². The third kappa shape index (κ3) is 3.90. The fraction of sp³-hybridized carbons (Fsp3) is 0.682. The topological polar surface area (TPSA) is 35.6 Å². The van der Waals surface area contributed by atoms with Gasteiger partial charge in [-0.3, -0.25) is 4.90 Å². The highest BCUT2D eigenvalue weighted by Gasteiger charge is 2.42. The summed E-state index contributed by atoms with van der Waals surface area (Å²) in [6.07, 6.45) is 8.72. The van der Waals surface area contributed by atoms with Crippen LogP contribution in [0.2, 0.25) is 0 Å². The predicted octanol–water partition coefficient (Wildman–Crippen LogP) is 3.94. The summed E-state index contributed by atoms with van der Waals surface area (Å²) in [4.78, 5) is 17.3. The first kappa shape index (κ1) is 17.8. The van der Waals surface area contributed by atoms with Crippen molar-refractivity contribution in [2.75, 3.05) is 26.2 Å². The van der Waals surface area contributed by atoms with E-state index in [1.165, 1.54) is 43.2 Å². The van der Waals surface area contributed by atoms with Crippen LogP contribution in [0.4, 0.5) is 4.79 Å². The molecule has 4 heteroatoms. The van der Waals surface area contributed by atoms with Gasteiger partial charge in [0.05, 0.1) is 0 Å². The van der Waals surface area contributed by atoms with Gasteiger partial charge in [-0.2, -0.15) is 0 Å². The number of amides is 2. The largest absolute Gasteiger partial charge is 0.335 e. The molecule has 2 heterocycles. The van der Waals surface area contributed by atoms with Gasteiger partial charge in [-0.15, -0.1) is 0 Å². The van der Waals surface area contributed by atoms with Crippen LogP contribution in [0.5, 0.6) is 0 Å². The van der Waals surface area contributed by atoms with Crippen LogP contribution in [0.3, 0.4) is 0 Å². The third-order valence-electron chi connectivity index (χ3n) is 6.96. The van der Waals surface area contributed by atoms with E-state index >= 15 is 0 Å². The highest BCUT2D eigenvalue weighted by molar-refractivity contribution is 5.75. The van der Waals surface area contributed by atoms with Crippen molar-refractivity contribution >= 4 is 6.03 Å². The number of rotatable bonds is 3. The van der Waals surface area contributed by atoms with Gasteiger partial charge in [0.2, 0.25) is 0 Å². The third-order valence-corrected chi connectivity index (χ3v) is 6.96. The number of piperidine rings is 1. The summed E-state index contributed by atoms with van der Waals surface area (Å²) in [6.45, 7) is 7.31. The van der Waals surface area contributed by atoms with Crippen molar-refractivity contribution in [1.82, 2.24) is 15.1 Å². The zero-order valence-electron chi connectivity index (χ0n) is 16.2. The lowest BCUT2D eigenvalue weighted by atomic mass is 9.86. The Labute approximate surface area is 157 Å². The zero-order chi connectivity index (χ0) is 18.0. The zero-order valence-corrected chi connectivity index (χ0v) is 16.2. The molecule has 142 valence electrons. The molecule has 1 saturated carbocycles. The van der Waals surface area contributed by atoms with Crippen molar-refractivity contribution in [2.45, 2.75) is 64.5 Å². The number of carbonyl (C=O) groups excluding carboxylic acids is 1. The number of hydrogen-bond acceptors (Lipinski definition) is 2. The van der Waals surface area contributed by atoms with E-state index in [1.54, 1.807) is 0 Å². The molecule has 1 aromatic carbocycles. The van der Waals surface area contributed by atoms with Crippen LogP contribution in [-0.2, 0) is 6.54 Å². The molecular formula is C22H33N3O. The summed E-state index contributed by atoms with van der Waals surface area (Å²) >= 11 is 0. The number of nitrogens with zero attached hydrogens (tertiary/aromatic N) is 2. The molecule has 0 bridgehead atoms. The molecule has 1 spiro atoms. The van der Waals surface area contributed by atoms with E-state index in [0.29, 0.717) is 11.5 Å². The SMILES string of the molecule is Cc1ccccc1CN1CCC(NC(=O)N2CCC3(CCCC3)C2)CC1. The van der Waals surface area contributed by atoms with Crippen LogP contribution in [0.1, 0.15) is 56.1 Å². The Morgan fingerprint density at radius 3 is 2.58 bits per heavy atom. The Hall–Kier alpha value is -1.55. The first-order chi connectivity index (χ1) is 12.6. The Morgan fingerprint density at radius 1 is 1.12 bits per heavy atom. The maximum absolute atomic E-state index is 12.7. The molecule has 0 radical (unpaired) electrons. The molecule has 1 N–H and O–H groups in total. The van der Waals surface area contributed by atoms with Crippen molar-refractivity contribution in [1.29, 1.82) is 0 Å². The van der Waals surface area contributed by atoms with E-state index in [2.05, 4.69) is 46.3 Å². The number of carbonyl (C=O) groups is 1. The smallest absolute Gasteiger partial charge is 0.317 e. The van der Waals surface area contributed by atoms with Gasteiger partial charge in [0.25, 0.3) is 0 Å². The molecular weight excluding hydrogens is 322 g/mol. The standard InChI is InChI=1S/C22H33N3O/c1-18-6-2-3-7-19(18)16-24-13-8-20(9-14-24)23-21(26)25-15-12-22(17-25)10-4-5-11-22/h2-3,6-7,20H,4-5,8-17H2,1H3,(H,23,26). The Kier molecular flexibility index (Phi) is 5.21. The minimum Gasteiger partial charge on any atom is -0.335 e. The van der Waals surface area contributed by atoms with E-state index in [-0.39, 0.29) is 6.03 Å². The minimum atomic E-state index is 0.186. The van der Waals surface area contributed by atoms with Gasteiger partial charge in [-0.25, -0.2) is 4.79 Å². The van der Waals surface area contributed by atoms with Crippen LogP contribution >= 0.6 is 0 Å². The Balaban J connectivity index is 1.23. The van der Waals surface area contributed by atoms with Crippen molar-refractivity contribution < 1.29 is 4.79 Å². The number of nitrogens with one attached hydrogen (secondary N) is 1. The van der Waals surface area contributed by atoms with E-state index in [4.69, 9.17) is 0 Å². The van der Waals surface area contributed by atoms with Crippen molar-refractivity contribution in [3.8, 4) is 0 Å². The minimum absolute atomic E-state index is 0.186. The van der Waals surface area contributed by atoms with Gasteiger partial charge in [0.1, 0.15) is 0 Å². The normalized spacial score (nSPS) is 23.7. The van der Waals surface area contributed by atoms with Crippen LogP contribution in [-0.4, -0.2) is 48.1 Å². The van der Waals surface area contributed by atoms with Gasteiger partial charge in [0, 0.05) is 38.8 Å². The van der Waals surface area contributed by atoms with Crippen LogP contribution in [0.15, 0.2) is 24.3 Å². The van der Waals surface area contributed by atoms with E-state index in [0.717, 1.165) is 45.6 Å². The average molecular weight is 356 g/mol. The molecule has 26 heavy (non-hydrogen) atoms. The number of likely N-dealkylation sites (tertiary alicyclic amines) is 2.